The Morgan fingerprint density at radius 2 is 2.00 bits per heavy atom. The fraction of sp³-hybridized carbons (Fsp3) is 0.455. The van der Waals surface area contributed by atoms with Gasteiger partial charge >= 0.3 is 0 Å². The molecule has 0 aromatic heterocycles. The number of hydrogen-bond acceptors (Lipinski definition) is 2. The van der Waals surface area contributed by atoms with E-state index in [2.05, 4.69) is 10.6 Å². The van der Waals surface area contributed by atoms with E-state index in [0.29, 0.717) is 6.54 Å². The number of hydrogen-bond donors (Lipinski definition) is 2. The van der Waals surface area contributed by atoms with Crippen molar-refractivity contribution in [2.45, 2.75) is 12.2 Å². The average Bonchev–Trinajstić information content (AvgIpc) is 2.30. The van der Waals surface area contributed by atoms with Crippen LogP contribution in [0.2, 0.25) is 0 Å². The molecule has 0 radical (unpaired) electrons. The average molecular weight is 194 g/mol. The van der Waals surface area contributed by atoms with Crippen molar-refractivity contribution in [2.24, 2.45) is 0 Å². The van der Waals surface area contributed by atoms with Gasteiger partial charge in [-0.2, -0.15) is 0 Å². The Hall–Kier alpha value is -0.930. The monoisotopic (exact) mass is 194 g/mol. The Morgan fingerprint density at radius 3 is 2.64 bits per heavy atom. The van der Waals surface area contributed by atoms with E-state index in [9.17, 15) is 4.39 Å². The van der Waals surface area contributed by atoms with Gasteiger partial charge in [-0.05, 0) is 5.56 Å². The third-order valence-electron chi connectivity index (χ3n) is 2.54. The van der Waals surface area contributed by atoms with Gasteiger partial charge in [0.05, 0.1) is 6.04 Å². The van der Waals surface area contributed by atoms with E-state index in [4.69, 9.17) is 0 Å². The summed E-state index contributed by atoms with van der Waals surface area (Å²) in [5.74, 6) is 0. The van der Waals surface area contributed by atoms with Gasteiger partial charge in [0.15, 0.2) is 0 Å². The summed E-state index contributed by atoms with van der Waals surface area (Å²) in [4.78, 5) is 0. The van der Waals surface area contributed by atoms with Gasteiger partial charge < -0.3 is 10.6 Å². The number of rotatable bonds is 2. The summed E-state index contributed by atoms with van der Waals surface area (Å²) < 4.78 is 13.9. The molecule has 1 aromatic carbocycles. The SMILES string of the molecule is FC(c1ccccc1)C1CNCCN1. The fourth-order valence-corrected chi connectivity index (χ4v) is 1.75. The second kappa shape index (κ2) is 4.53. The lowest BCUT2D eigenvalue weighted by atomic mass is 10.0. The first-order valence-electron chi connectivity index (χ1n) is 5.01. The van der Waals surface area contributed by atoms with Gasteiger partial charge in [0.25, 0.3) is 0 Å². The molecular formula is C11H15FN2. The summed E-state index contributed by atoms with van der Waals surface area (Å²) in [5, 5.41) is 6.36. The third kappa shape index (κ3) is 2.11. The maximum atomic E-state index is 13.9. The molecule has 3 heteroatoms. The first-order valence-corrected chi connectivity index (χ1v) is 5.01. The molecule has 2 unspecified atom stereocenters. The maximum absolute atomic E-state index is 13.9. The zero-order chi connectivity index (χ0) is 9.80. The van der Waals surface area contributed by atoms with Crippen LogP contribution in [0.15, 0.2) is 30.3 Å². The van der Waals surface area contributed by atoms with Crippen LogP contribution in [0.25, 0.3) is 0 Å². The zero-order valence-electron chi connectivity index (χ0n) is 8.04. The first kappa shape index (κ1) is 9.62. The minimum Gasteiger partial charge on any atom is -0.314 e. The highest BCUT2D eigenvalue weighted by Crippen LogP contribution is 2.21. The molecule has 0 aliphatic carbocycles. The summed E-state index contributed by atoms with van der Waals surface area (Å²) in [5.41, 5.74) is 0.758. The van der Waals surface area contributed by atoms with E-state index in [-0.39, 0.29) is 6.04 Å². The molecule has 0 bridgehead atoms. The zero-order valence-corrected chi connectivity index (χ0v) is 8.04. The summed E-state index contributed by atoms with van der Waals surface area (Å²) in [6.07, 6.45) is -0.913. The highest BCUT2D eigenvalue weighted by molar-refractivity contribution is 5.19. The van der Waals surface area contributed by atoms with Crippen molar-refractivity contribution in [1.29, 1.82) is 0 Å². The van der Waals surface area contributed by atoms with Gasteiger partial charge in [-0.15, -0.1) is 0 Å². The topological polar surface area (TPSA) is 24.1 Å². The molecule has 76 valence electrons. The Bertz CT molecular complexity index is 270. The quantitative estimate of drug-likeness (QED) is 0.740. The van der Waals surface area contributed by atoms with Crippen LogP contribution < -0.4 is 10.6 Å². The highest BCUT2D eigenvalue weighted by Gasteiger charge is 2.23. The molecule has 2 rings (SSSR count). The summed E-state index contributed by atoms with van der Waals surface area (Å²) in [6.45, 7) is 2.48. The normalized spacial score (nSPS) is 24.5. The molecule has 1 saturated heterocycles. The van der Waals surface area contributed by atoms with Crippen LogP contribution in [0.1, 0.15) is 11.7 Å². The van der Waals surface area contributed by atoms with E-state index in [1.807, 2.05) is 30.3 Å². The van der Waals surface area contributed by atoms with Gasteiger partial charge in [-0.3, -0.25) is 0 Å². The number of benzene rings is 1. The minimum atomic E-state index is -0.913. The van der Waals surface area contributed by atoms with Gasteiger partial charge in [-0.25, -0.2) is 4.39 Å². The number of halogens is 1. The molecule has 1 aliphatic rings. The van der Waals surface area contributed by atoms with Crippen molar-refractivity contribution in [3.63, 3.8) is 0 Å². The Labute approximate surface area is 83.5 Å². The standard InChI is InChI=1S/C11H15FN2/c12-11(9-4-2-1-3-5-9)10-8-13-6-7-14-10/h1-5,10-11,13-14H,6-8H2. The predicted molar refractivity (Wildman–Crippen MR) is 55.0 cm³/mol. The van der Waals surface area contributed by atoms with Crippen molar-refractivity contribution in [2.75, 3.05) is 19.6 Å². The van der Waals surface area contributed by atoms with E-state index in [1.165, 1.54) is 0 Å². The molecule has 14 heavy (non-hydrogen) atoms. The highest BCUT2D eigenvalue weighted by atomic mass is 19.1. The van der Waals surface area contributed by atoms with Crippen LogP contribution in [-0.2, 0) is 0 Å². The van der Waals surface area contributed by atoms with Crippen molar-refractivity contribution >= 4 is 0 Å². The third-order valence-corrected chi connectivity index (χ3v) is 2.54. The Balaban J connectivity index is 2.03. The molecule has 2 nitrogen and oxygen atoms in total. The molecule has 0 spiro atoms. The van der Waals surface area contributed by atoms with Crippen LogP contribution >= 0.6 is 0 Å². The van der Waals surface area contributed by atoms with Crippen LogP contribution in [0.4, 0.5) is 4.39 Å². The number of alkyl halides is 1. The molecule has 0 saturated carbocycles. The lowest BCUT2D eigenvalue weighted by molar-refractivity contribution is 0.231. The summed E-state index contributed by atoms with van der Waals surface area (Å²) in [6, 6.07) is 9.23. The largest absolute Gasteiger partial charge is 0.314 e. The Kier molecular flexibility index (Phi) is 3.11. The van der Waals surface area contributed by atoms with Gasteiger partial charge in [-0.1, -0.05) is 30.3 Å². The van der Waals surface area contributed by atoms with Gasteiger partial charge in [0.2, 0.25) is 0 Å². The van der Waals surface area contributed by atoms with Crippen molar-refractivity contribution in [1.82, 2.24) is 10.6 Å². The van der Waals surface area contributed by atoms with Crippen LogP contribution in [0.3, 0.4) is 0 Å². The van der Waals surface area contributed by atoms with Crippen molar-refractivity contribution < 1.29 is 4.39 Å². The smallest absolute Gasteiger partial charge is 0.142 e. The Morgan fingerprint density at radius 1 is 1.21 bits per heavy atom. The predicted octanol–water partition coefficient (Wildman–Crippen LogP) is 1.26. The summed E-state index contributed by atoms with van der Waals surface area (Å²) in [7, 11) is 0. The van der Waals surface area contributed by atoms with Gasteiger partial charge in [0.1, 0.15) is 6.17 Å². The van der Waals surface area contributed by atoms with E-state index in [1.54, 1.807) is 0 Å². The molecule has 2 atom stereocenters. The second-order valence-corrected chi connectivity index (χ2v) is 3.58. The molecule has 1 heterocycles. The molecule has 2 N–H and O–H groups in total. The van der Waals surface area contributed by atoms with Crippen LogP contribution in [0.5, 0.6) is 0 Å². The molecule has 1 fully saturated rings. The van der Waals surface area contributed by atoms with Crippen molar-refractivity contribution in [3.05, 3.63) is 35.9 Å². The van der Waals surface area contributed by atoms with E-state index < -0.39 is 6.17 Å². The molecule has 1 aromatic rings. The molecule has 0 amide bonds. The maximum Gasteiger partial charge on any atom is 0.142 e. The second-order valence-electron chi connectivity index (χ2n) is 3.58. The van der Waals surface area contributed by atoms with Gasteiger partial charge in [0, 0.05) is 19.6 Å². The lowest BCUT2D eigenvalue weighted by Gasteiger charge is -2.27. The van der Waals surface area contributed by atoms with E-state index >= 15 is 0 Å². The molecule has 1 aliphatic heterocycles. The molecular weight excluding hydrogens is 179 g/mol. The van der Waals surface area contributed by atoms with Crippen molar-refractivity contribution in [3.8, 4) is 0 Å². The lowest BCUT2D eigenvalue weighted by Crippen LogP contribution is -2.50. The summed E-state index contributed by atoms with van der Waals surface area (Å²) >= 11 is 0. The van der Waals surface area contributed by atoms with E-state index in [0.717, 1.165) is 18.7 Å². The first-order chi connectivity index (χ1) is 6.88. The number of piperazine rings is 1. The van der Waals surface area contributed by atoms with Crippen LogP contribution in [-0.4, -0.2) is 25.7 Å². The number of nitrogens with one attached hydrogen (secondary N) is 2. The fourth-order valence-electron chi connectivity index (χ4n) is 1.75. The minimum absolute atomic E-state index is 0.0915. The van der Waals surface area contributed by atoms with Crippen LogP contribution in [0, 0.1) is 0 Å².